The van der Waals surface area contributed by atoms with Gasteiger partial charge in [-0.1, -0.05) is 51.4 Å². The average molecular weight is 295 g/mol. The molecular formula is C17H29NO3. The van der Waals surface area contributed by atoms with E-state index in [1.165, 1.54) is 32.8 Å². The molecule has 120 valence electrons. The topological polar surface area (TPSA) is 55.4 Å². The molecule has 0 atom stereocenters. The van der Waals surface area contributed by atoms with Crippen LogP contribution in [0.1, 0.15) is 77.0 Å². The number of carbonyl (C=O) groups excluding carboxylic acids is 2. The van der Waals surface area contributed by atoms with Crippen molar-refractivity contribution in [2.45, 2.75) is 82.6 Å². The Kier molecular flexibility index (Phi) is 6.07. The molecule has 2 rings (SSSR count). The zero-order valence-corrected chi connectivity index (χ0v) is 13.3. The highest BCUT2D eigenvalue weighted by Gasteiger charge is 2.40. The molecule has 0 aliphatic heterocycles. The highest BCUT2D eigenvalue weighted by atomic mass is 16.5. The number of carbonyl (C=O) groups is 2. The molecule has 0 saturated heterocycles. The van der Waals surface area contributed by atoms with E-state index >= 15 is 0 Å². The minimum atomic E-state index is -0.766. The summed E-state index contributed by atoms with van der Waals surface area (Å²) in [5.41, 5.74) is -0.766. The van der Waals surface area contributed by atoms with Gasteiger partial charge in [0, 0.05) is 6.42 Å². The third-order valence-electron chi connectivity index (χ3n) is 5.17. The summed E-state index contributed by atoms with van der Waals surface area (Å²) in [6.07, 6.45) is 12.3. The first-order valence-corrected chi connectivity index (χ1v) is 8.56. The summed E-state index contributed by atoms with van der Waals surface area (Å²) in [5, 5.41) is 3.03. The Morgan fingerprint density at radius 1 is 1.05 bits per heavy atom. The molecule has 4 nitrogen and oxygen atoms in total. The Balaban J connectivity index is 1.90. The molecule has 21 heavy (non-hydrogen) atoms. The van der Waals surface area contributed by atoms with Crippen LogP contribution < -0.4 is 5.32 Å². The van der Waals surface area contributed by atoms with Gasteiger partial charge < -0.3 is 10.1 Å². The third kappa shape index (κ3) is 4.45. The normalized spacial score (nSPS) is 22.5. The van der Waals surface area contributed by atoms with E-state index in [-0.39, 0.29) is 11.9 Å². The fourth-order valence-corrected chi connectivity index (χ4v) is 3.87. The average Bonchev–Trinajstić information content (AvgIpc) is 2.90. The molecule has 1 N–H and O–H groups in total. The van der Waals surface area contributed by atoms with Crippen LogP contribution in [0.25, 0.3) is 0 Å². The number of hydrogen-bond donors (Lipinski definition) is 1. The lowest BCUT2D eigenvalue weighted by atomic mass is 9.89. The number of ether oxygens (including phenoxy) is 1. The maximum Gasteiger partial charge on any atom is 0.331 e. The van der Waals surface area contributed by atoms with Crippen molar-refractivity contribution in [1.82, 2.24) is 5.32 Å². The van der Waals surface area contributed by atoms with Crippen molar-refractivity contribution < 1.29 is 14.3 Å². The summed E-state index contributed by atoms with van der Waals surface area (Å²) in [6.45, 7) is 0. The predicted molar refractivity (Wildman–Crippen MR) is 81.8 cm³/mol. The number of hydrogen-bond acceptors (Lipinski definition) is 3. The summed E-state index contributed by atoms with van der Waals surface area (Å²) in [5.74, 6) is 0.465. The molecule has 2 aliphatic rings. The molecule has 0 aromatic heterocycles. The van der Waals surface area contributed by atoms with Gasteiger partial charge in [0.2, 0.25) is 5.91 Å². The van der Waals surface area contributed by atoms with E-state index in [1.807, 2.05) is 0 Å². The minimum absolute atomic E-state index is 0.0224. The molecule has 2 saturated carbocycles. The first-order valence-electron chi connectivity index (χ1n) is 8.56. The molecule has 0 spiro atoms. The van der Waals surface area contributed by atoms with Crippen LogP contribution in [-0.4, -0.2) is 24.5 Å². The van der Waals surface area contributed by atoms with Crippen LogP contribution >= 0.6 is 0 Å². The van der Waals surface area contributed by atoms with Crippen LogP contribution in [0.2, 0.25) is 0 Å². The van der Waals surface area contributed by atoms with Gasteiger partial charge in [-0.25, -0.2) is 4.79 Å². The Bertz CT molecular complexity index is 353. The minimum Gasteiger partial charge on any atom is -0.467 e. The van der Waals surface area contributed by atoms with Gasteiger partial charge in [-0.2, -0.15) is 0 Å². The van der Waals surface area contributed by atoms with E-state index in [2.05, 4.69) is 5.32 Å². The highest BCUT2D eigenvalue weighted by molar-refractivity contribution is 5.88. The van der Waals surface area contributed by atoms with Gasteiger partial charge in [0.15, 0.2) is 0 Å². The van der Waals surface area contributed by atoms with Crippen LogP contribution in [0.15, 0.2) is 0 Å². The van der Waals surface area contributed by atoms with Gasteiger partial charge in [0.1, 0.15) is 5.54 Å². The van der Waals surface area contributed by atoms with E-state index in [9.17, 15) is 9.59 Å². The van der Waals surface area contributed by atoms with Crippen LogP contribution in [0.3, 0.4) is 0 Å². The molecule has 1 amide bonds. The van der Waals surface area contributed by atoms with E-state index in [1.54, 1.807) is 0 Å². The Morgan fingerprint density at radius 2 is 1.67 bits per heavy atom. The van der Waals surface area contributed by atoms with E-state index < -0.39 is 5.54 Å². The van der Waals surface area contributed by atoms with Gasteiger partial charge in [-0.15, -0.1) is 0 Å². The molecule has 0 radical (unpaired) electrons. The molecule has 4 heteroatoms. The SMILES string of the molecule is COC(=O)C1(NC(=O)CCC2CCCC2)CCCCCC1. The van der Waals surface area contributed by atoms with Crippen molar-refractivity contribution in [2.75, 3.05) is 7.11 Å². The lowest BCUT2D eigenvalue weighted by Gasteiger charge is -2.31. The molecule has 0 bridgehead atoms. The van der Waals surface area contributed by atoms with E-state index in [0.717, 1.165) is 44.9 Å². The monoisotopic (exact) mass is 295 g/mol. The zero-order chi connectivity index (χ0) is 15.1. The van der Waals surface area contributed by atoms with Crippen LogP contribution in [-0.2, 0) is 14.3 Å². The van der Waals surface area contributed by atoms with Crippen molar-refractivity contribution >= 4 is 11.9 Å². The summed E-state index contributed by atoms with van der Waals surface area (Å²) >= 11 is 0. The first-order chi connectivity index (χ1) is 10.2. The second kappa shape index (κ2) is 7.81. The maximum atomic E-state index is 12.3. The summed E-state index contributed by atoms with van der Waals surface area (Å²) < 4.78 is 4.97. The Labute approximate surface area is 128 Å². The Morgan fingerprint density at radius 3 is 2.24 bits per heavy atom. The fraction of sp³-hybridized carbons (Fsp3) is 0.882. The van der Waals surface area contributed by atoms with Crippen molar-refractivity contribution in [3.8, 4) is 0 Å². The molecule has 0 aromatic carbocycles. The van der Waals surface area contributed by atoms with Crippen LogP contribution in [0.5, 0.6) is 0 Å². The number of nitrogens with one attached hydrogen (secondary N) is 1. The third-order valence-corrected chi connectivity index (χ3v) is 5.17. The molecule has 2 aliphatic carbocycles. The zero-order valence-electron chi connectivity index (χ0n) is 13.3. The molecule has 2 fully saturated rings. The predicted octanol–water partition coefficient (Wildman–Crippen LogP) is 3.34. The van der Waals surface area contributed by atoms with Gasteiger partial charge in [-0.3, -0.25) is 4.79 Å². The standard InChI is InChI=1S/C17H29NO3/c1-21-16(20)17(12-6-2-3-7-13-17)18-15(19)11-10-14-8-4-5-9-14/h14H,2-13H2,1H3,(H,18,19). The first kappa shape index (κ1) is 16.3. The Hall–Kier alpha value is -1.06. The van der Waals surface area contributed by atoms with Gasteiger partial charge in [0.25, 0.3) is 0 Å². The highest BCUT2D eigenvalue weighted by Crippen LogP contribution is 2.30. The second-order valence-electron chi connectivity index (χ2n) is 6.73. The lowest BCUT2D eigenvalue weighted by Crippen LogP contribution is -2.54. The van der Waals surface area contributed by atoms with E-state index in [4.69, 9.17) is 4.74 Å². The van der Waals surface area contributed by atoms with Gasteiger partial charge in [-0.05, 0) is 25.2 Å². The van der Waals surface area contributed by atoms with Crippen LogP contribution in [0.4, 0.5) is 0 Å². The maximum absolute atomic E-state index is 12.3. The van der Waals surface area contributed by atoms with Crippen molar-refractivity contribution in [2.24, 2.45) is 5.92 Å². The summed E-state index contributed by atoms with van der Waals surface area (Å²) in [6, 6.07) is 0. The molecular weight excluding hydrogens is 266 g/mol. The van der Waals surface area contributed by atoms with Crippen molar-refractivity contribution in [1.29, 1.82) is 0 Å². The van der Waals surface area contributed by atoms with Crippen LogP contribution in [0, 0.1) is 5.92 Å². The van der Waals surface area contributed by atoms with Crippen molar-refractivity contribution in [3.63, 3.8) is 0 Å². The number of esters is 1. The molecule has 0 unspecified atom stereocenters. The van der Waals surface area contributed by atoms with Gasteiger partial charge >= 0.3 is 5.97 Å². The number of rotatable bonds is 5. The largest absolute Gasteiger partial charge is 0.467 e. The van der Waals surface area contributed by atoms with Crippen molar-refractivity contribution in [3.05, 3.63) is 0 Å². The summed E-state index contributed by atoms with van der Waals surface area (Å²) in [4.78, 5) is 24.5. The number of amides is 1. The molecule has 0 aromatic rings. The fourth-order valence-electron chi connectivity index (χ4n) is 3.87. The number of methoxy groups -OCH3 is 1. The molecule has 0 heterocycles. The lowest BCUT2D eigenvalue weighted by molar-refractivity contribution is -0.151. The summed E-state index contributed by atoms with van der Waals surface area (Å²) in [7, 11) is 1.42. The second-order valence-corrected chi connectivity index (χ2v) is 6.73. The van der Waals surface area contributed by atoms with E-state index in [0.29, 0.717) is 12.3 Å². The quantitative estimate of drug-likeness (QED) is 0.625. The smallest absolute Gasteiger partial charge is 0.331 e. The van der Waals surface area contributed by atoms with Gasteiger partial charge in [0.05, 0.1) is 7.11 Å².